The zero-order valence-electron chi connectivity index (χ0n) is 60.9. The highest BCUT2D eigenvalue weighted by molar-refractivity contribution is 7.20. The van der Waals surface area contributed by atoms with Crippen LogP contribution in [0.5, 0.6) is 34.5 Å². The molecule has 12 rings (SSSR count). The largest absolute Gasteiger partial charge is 0.743 e. The van der Waals surface area contributed by atoms with Gasteiger partial charge in [-0.1, -0.05) is 238 Å². The molecule has 0 amide bonds. The molecule has 0 radical (unpaired) electrons. The highest BCUT2D eigenvalue weighted by Crippen LogP contribution is 2.44. The van der Waals surface area contributed by atoms with Crippen LogP contribution in [-0.2, 0) is 0 Å². The van der Waals surface area contributed by atoms with E-state index in [1.807, 2.05) is 93.9 Å². The lowest BCUT2D eigenvalue weighted by molar-refractivity contribution is 0.175. The summed E-state index contributed by atoms with van der Waals surface area (Å²) in [6.45, 7) is 22.0. The van der Waals surface area contributed by atoms with Gasteiger partial charge < -0.3 is 37.0 Å². The number of fused-ring (bicyclic) bond motifs is 5. The van der Waals surface area contributed by atoms with Crippen molar-refractivity contribution in [2.45, 2.75) is 191 Å². The van der Waals surface area contributed by atoms with Crippen molar-refractivity contribution in [1.82, 2.24) is 18.9 Å². The highest BCUT2D eigenvalue weighted by Gasteiger charge is 2.46. The zero-order valence-corrected chi connectivity index (χ0v) is 62.5. The number of ether oxygens (including phenoxy) is 2. The second-order valence-corrected chi connectivity index (χ2v) is 30.9. The minimum Gasteiger partial charge on any atom is -0.503 e. The van der Waals surface area contributed by atoms with Crippen LogP contribution in [0.4, 0.5) is 0 Å². The van der Waals surface area contributed by atoms with Gasteiger partial charge in [-0.25, -0.2) is 9.97 Å². The molecule has 0 saturated heterocycles. The van der Waals surface area contributed by atoms with Gasteiger partial charge in [-0.05, 0) is 134 Å². The summed E-state index contributed by atoms with van der Waals surface area (Å²) in [7, 11) is -2.37. The molecule has 6 aromatic carbocycles. The van der Waals surface area contributed by atoms with Crippen molar-refractivity contribution in [2.24, 2.45) is 35.5 Å². The number of benzene rings is 6. The van der Waals surface area contributed by atoms with Crippen LogP contribution in [-0.4, -0.2) is 46.6 Å². The molecule has 4 aromatic heterocycles. The Hall–Kier alpha value is -8.43. The summed E-state index contributed by atoms with van der Waals surface area (Å²) in [5, 5.41) is 27.9. The quantitative estimate of drug-likeness (QED) is 0.0275. The molecule has 6 heterocycles. The number of hydrogen-bond acceptors (Lipinski definition) is 12. The average molecular weight is 1390 g/mol. The molecule has 0 bridgehead atoms. The van der Waals surface area contributed by atoms with Crippen LogP contribution >= 0.6 is 22.7 Å². The van der Waals surface area contributed by atoms with Gasteiger partial charge >= 0.3 is 14.5 Å². The summed E-state index contributed by atoms with van der Waals surface area (Å²) in [5.74, 6) is 6.41. The van der Waals surface area contributed by atoms with E-state index in [1.165, 1.54) is 113 Å². The first kappa shape index (κ1) is 72.4. The van der Waals surface area contributed by atoms with Crippen LogP contribution in [0.2, 0.25) is 0 Å². The number of rotatable bonds is 36. The van der Waals surface area contributed by atoms with Gasteiger partial charge in [-0.15, -0.1) is 22.7 Å². The van der Waals surface area contributed by atoms with Crippen molar-refractivity contribution in [3.8, 4) is 69.2 Å². The Kier molecular flexibility index (Phi) is 24.7. The molecule has 101 heavy (non-hydrogen) atoms. The second-order valence-electron chi connectivity index (χ2n) is 28.8. The maximum absolute atomic E-state index is 12.4. The fraction of sp³-hybridized carbons (Fsp3) is 0.435. The monoisotopic (exact) mass is 1390 g/mol. The molecule has 6 unspecified atom stereocenters. The first-order valence-electron chi connectivity index (χ1n) is 37.8. The highest BCUT2D eigenvalue weighted by atomic mass is 32.1. The molecule has 0 saturated carbocycles. The van der Waals surface area contributed by atoms with Crippen LogP contribution in [0.25, 0.3) is 64.9 Å². The predicted octanol–water partition coefficient (Wildman–Crippen LogP) is 21.8. The first-order valence-corrected chi connectivity index (χ1v) is 39.4. The Morgan fingerprint density at radius 1 is 0.455 bits per heavy atom. The molecule has 0 spiro atoms. The fourth-order valence-corrected chi connectivity index (χ4v) is 16.9. The lowest BCUT2D eigenvalue weighted by Crippen LogP contribution is -2.44. The second kappa shape index (κ2) is 34.5. The van der Waals surface area contributed by atoms with Crippen LogP contribution in [0.15, 0.2) is 140 Å². The number of aromatic nitrogens is 4. The predicted molar refractivity (Wildman–Crippen MR) is 418 cm³/mol. The molecule has 2 aliphatic heterocycles. The summed E-state index contributed by atoms with van der Waals surface area (Å²) < 4.78 is 48.8. The number of nitrogens with zero attached hydrogens (tertiary/aromatic N) is 6. The van der Waals surface area contributed by atoms with Gasteiger partial charge in [0.05, 0.1) is 55.7 Å². The van der Waals surface area contributed by atoms with Crippen LogP contribution in [0, 0.1) is 65.1 Å². The van der Waals surface area contributed by atoms with Crippen LogP contribution in [0.1, 0.15) is 199 Å². The number of unbranched alkanes of at least 4 members (excludes halogenated alkanes) is 8. The Labute approximate surface area is 607 Å². The van der Waals surface area contributed by atoms with Gasteiger partial charge in [-0.3, -0.25) is 0 Å². The van der Waals surface area contributed by atoms with E-state index in [-0.39, 0.29) is 11.1 Å². The third-order valence-corrected chi connectivity index (χ3v) is 23.2. The molecule has 2 aliphatic rings. The van der Waals surface area contributed by atoms with Crippen molar-refractivity contribution in [1.29, 1.82) is 10.5 Å². The Morgan fingerprint density at radius 3 is 1.29 bits per heavy atom. The van der Waals surface area contributed by atoms with Gasteiger partial charge in [0.15, 0.2) is 0 Å². The molecular weight excluding hydrogens is 1290 g/mol. The van der Waals surface area contributed by atoms with Crippen molar-refractivity contribution in [2.75, 3.05) is 13.2 Å². The van der Waals surface area contributed by atoms with E-state index in [0.717, 1.165) is 75.6 Å². The van der Waals surface area contributed by atoms with Crippen LogP contribution < -0.4 is 38.8 Å². The topological polar surface area (TPSA) is 139 Å². The standard InChI is InChI=1S/C85H100B2N6O6S2/c1-10-14-18-30-57(5)44-47-64(60(8)32-20-16-12-3)55-94-66-36-28-34-62(51-66)80-78-79(83(93(80)87-98-74-41-25-26-42-75(74)99-87)69(54-89)85-91-71-50-59(7)46-49-77(71)101-85)81(63-35-29-37-67(52-63)95-56-65(61(9)33-21-17-13-4)48-45-58(6)31-19-15-11-2)92(86-96-72-39-23-24-40-73(72)97-86)82(78)68(53-88)84-90-70-38-22-27-43-76(70)100-84/h22-29,34-43,46,49-52,57-58,60-61,64-65H,10-21,30-33,44-45,47-48,55-56H2,1-9H3/b82-68-,83-69-. The van der Waals surface area contributed by atoms with E-state index >= 15 is 0 Å². The van der Waals surface area contributed by atoms with Gasteiger partial charge in [0, 0.05) is 21.9 Å². The number of thiazole rings is 2. The number of para-hydroxylation sites is 5. The molecule has 16 heteroatoms. The summed E-state index contributed by atoms with van der Waals surface area (Å²) in [6, 6.07) is 51.7. The van der Waals surface area contributed by atoms with E-state index in [9.17, 15) is 10.5 Å². The molecular formula is C85H100B2N6O6S2. The normalized spacial score (nSPS) is 15.0. The Balaban J connectivity index is 1.15. The van der Waals surface area contributed by atoms with Gasteiger partial charge in [-0.2, -0.15) is 10.5 Å². The summed E-state index contributed by atoms with van der Waals surface area (Å²) >= 11 is 2.91. The number of hydrogen-bond donors (Lipinski definition) is 0. The smallest absolute Gasteiger partial charge is 0.503 e. The van der Waals surface area contributed by atoms with Crippen molar-refractivity contribution < 1.29 is 28.1 Å². The minimum atomic E-state index is -1.19. The number of aryl methyl sites for hydroxylation is 1. The lowest BCUT2D eigenvalue weighted by atomic mass is 9.84. The van der Waals surface area contributed by atoms with Crippen molar-refractivity contribution in [3.63, 3.8) is 0 Å². The van der Waals surface area contributed by atoms with Crippen LogP contribution in [0.3, 0.4) is 0 Å². The first-order chi connectivity index (χ1) is 49.4. The molecule has 6 atom stereocenters. The summed E-state index contributed by atoms with van der Waals surface area (Å²) in [4.78, 5) is 10.6. The Bertz CT molecular complexity index is 4510. The maximum atomic E-state index is 12.4. The van der Waals surface area contributed by atoms with E-state index in [4.69, 9.17) is 38.1 Å². The zero-order chi connectivity index (χ0) is 70.4. The van der Waals surface area contributed by atoms with Gasteiger partial charge in [0.1, 0.15) is 67.8 Å². The van der Waals surface area contributed by atoms with E-state index in [2.05, 4.69) is 129 Å². The van der Waals surface area contributed by atoms with Gasteiger partial charge in [0.2, 0.25) is 0 Å². The SMILES string of the molecule is CCCCCC(C)CCC(COc1cccc(-c2c3/c(=C(\C#N)c4nc5cc(C)ccc5s4)n(B4Oc5ccccc5O4)c(-c4cccc(OCC(CCC(C)CCCCC)C(C)CCCCC)c4)c3/c(=C(\C#N)c3nc4ccccc4s3)n2B2Oc3ccccc3O2)c1)C(C)CCCCC. The molecule has 12 nitrogen and oxygen atoms in total. The van der Waals surface area contributed by atoms with Crippen molar-refractivity contribution >= 4 is 79.5 Å². The van der Waals surface area contributed by atoms with Crippen molar-refractivity contribution in [3.05, 3.63) is 166 Å². The van der Waals surface area contributed by atoms with E-state index in [1.54, 1.807) is 0 Å². The van der Waals surface area contributed by atoms with E-state index < -0.39 is 14.5 Å². The minimum absolute atomic E-state index is 0.272. The molecule has 0 N–H and O–H groups in total. The fourth-order valence-electron chi connectivity index (χ4n) is 15.0. The van der Waals surface area contributed by atoms with Gasteiger partial charge in [0.25, 0.3) is 0 Å². The average Bonchev–Trinajstić information content (AvgIpc) is 1.52. The lowest BCUT2D eigenvalue weighted by Gasteiger charge is -2.26. The third kappa shape index (κ3) is 16.7. The molecule has 0 aliphatic carbocycles. The molecule has 0 fully saturated rings. The molecule has 10 aromatic rings. The summed E-state index contributed by atoms with van der Waals surface area (Å²) in [5.41, 5.74) is 5.79. The van der Waals surface area contributed by atoms with E-state index in [0.29, 0.717) is 126 Å². The Morgan fingerprint density at radius 2 is 0.861 bits per heavy atom. The third-order valence-electron chi connectivity index (χ3n) is 21.1. The maximum Gasteiger partial charge on any atom is 0.743 e. The molecule has 524 valence electrons. The number of nitriles is 2. The summed E-state index contributed by atoms with van der Waals surface area (Å²) in [6.07, 6.45) is 23.9.